The second-order valence-electron chi connectivity index (χ2n) is 5.58. The number of amides is 1. The van der Waals surface area contributed by atoms with Gasteiger partial charge in [0.25, 0.3) is 0 Å². The van der Waals surface area contributed by atoms with E-state index in [1.165, 1.54) is 4.90 Å². The molecule has 2 aliphatic rings. The Bertz CT molecular complexity index is 366. The Morgan fingerprint density at radius 2 is 2.00 bits per heavy atom. The van der Waals surface area contributed by atoms with Crippen molar-refractivity contribution in [3.8, 4) is 0 Å². The maximum atomic E-state index is 12.7. The number of hydrogen-bond donors (Lipinski definition) is 3. The van der Waals surface area contributed by atoms with E-state index in [9.17, 15) is 19.8 Å². The summed E-state index contributed by atoms with van der Waals surface area (Å²) < 4.78 is 0. The van der Waals surface area contributed by atoms with Gasteiger partial charge < -0.3 is 20.4 Å². The second kappa shape index (κ2) is 5.46. The lowest BCUT2D eigenvalue weighted by atomic mass is 9.75. The van der Waals surface area contributed by atoms with Crippen molar-refractivity contribution in [2.24, 2.45) is 5.41 Å². The van der Waals surface area contributed by atoms with Crippen LogP contribution in [0.15, 0.2) is 0 Å². The van der Waals surface area contributed by atoms with Gasteiger partial charge in [-0.25, -0.2) is 4.79 Å². The molecule has 0 aliphatic carbocycles. The molecule has 0 aromatic rings. The summed E-state index contributed by atoms with van der Waals surface area (Å²) in [6.45, 7) is 3.69. The second-order valence-corrected chi connectivity index (χ2v) is 5.58. The first-order valence-electron chi connectivity index (χ1n) is 6.93. The number of likely N-dealkylation sites (tertiary alicyclic amines) is 1. The molecule has 108 valence electrons. The van der Waals surface area contributed by atoms with Gasteiger partial charge in [0.2, 0.25) is 5.91 Å². The van der Waals surface area contributed by atoms with E-state index in [0.717, 1.165) is 25.9 Å². The van der Waals surface area contributed by atoms with Crippen LogP contribution >= 0.6 is 0 Å². The van der Waals surface area contributed by atoms with Crippen LogP contribution in [0.25, 0.3) is 0 Å². The summed E-state index contributed by atoms with van der Waals surface area (Å²) in [7, 11) is 0. The van der Waals surface area contributed by atoms with Gasteiger partial charge in [0, 0.05) is 13.0 Å². The number of carboxylic acids is 1. The van der Waals surface area contributed by atoms with Crippen molar-refractivity contribution in [3.05, 3.63) is 0 Å². The van der Waals surface area contributed by atoms with Crippen molar-refractivity contribution >= 4 is 11.9 Å². The van der Waals surface area contributed by atoms with Crippen LogP contribution in [-0.4, -0.2) is 58.8 Å². The minimum absolute atomic E-state index is 0.0968. The Morgan fingerprint density at radius 3 is 2.53 bits per heavy atom. The lowest BCUT2D eigenvalue weighted by Crippen LogP contribution is -2.52. The summed E-state index contributed by atoms with van der Waals surface area (Å²) in [5.74, 6) is -1.12. The molecular weight excluding hydrogens is 248 g/mol. The van der Waals surface area contributed by atoms with Gasteiger partial charge in [-0.15, -0.1) is 0 Å². The lowest BCUT2D eigenvalue weighted by molar-refractivity contribution is -0.154. The highest BCUT2D eigenvalue weighted by molar-refractivity contribution is 5.88. The van der Waals surface area contributed by atoms with Gasteiger partial charge in [-0.3, -0.25) is 4.79 Å². The van der Waals surface area contributed by atoms with Crippen LogP contribution in [0.2, 0.25) is 0 Å². The number of carbonyl (C=O) groups is 2. The van der Waals surface area contributed by atoms with Crippen LogP contribution in [0.3, 0.4) is 0 Å². The quantitative estimate of drug-likeness (QED) is 0.661. The van der Waals surface area contributed by atoms with Crippen molar-refractivity contribution in [2.45, 2.75) is 44.8 Å². The first kappa shape index (κ1) is 14.3. The number of nitrogens with zero attached hydrogens (tertiary/aromatic N) is 1. The molecule has 6 heteroatoms. The van der Waals surface area contributed by atoms with Gasteiger partial charge >= 0.3 is 5.97 Å². The highest BCUT2D eigenvalue weighted by atomic mass is 16.4. The molecule has 2 heterocycles. The zero-order chi connectivity index (χ0) is 14.0. The van der Waals surface area contributed by atoms with E-state index < -0.39 is 23.5 Å². The molecule has 0 radical (unpaired) electrons. The fraction of sp³-hybridized carbons (Fsp3) is 0.846. The molecule has 2 rings (SSSR count). The number of hydrogen-bond acceptors (Lipinski definition) is 4. The van der Waals surface area contributed by atoms with Gasteiger partial charge in [-0.1, -0.05) is 6.92 Å². The maximum Gasteiger partial charge on any atom is 0.326 e. The van der Waals surface area contributed by atoms with Gasteiger partial charge in [0.05, 0.1) is 11.5 Å². The van der Waals surface area contributed by atoms with E-state index in [4.69, 9.17) is 0 Å². The molecule has 0 bridgehead atoms. The molecule has 0 aromatic carbocycles. The number of β-amino-alcohol motifs (C(OH)–C–C–N with tert-alkyl or cyclic N) is 1. The number of aliphatic hydroxyl groups is 1. The van der Waals surface area contributed by atoms with Crippen molar-refractivity contribution < 1.29 is 19.8 Å². The number of piperidine rings is 1. The minimum atomic E-state index is -1.02. The molecule has 2 fully saturated rings. The third-order valence-corrected chi connectivity index (χ3v) is 4.52. The molecule has 0 saturated carbocycles. The van der Waals surface area contributed by atoms with Crippen LogP contribution in [0.4, 0.5) is 0 Å². The van der Waals surface area contributed by atoms with Crippen molar-refractivity contribution in [3.63, 3.8) is 0 Å². The predicted octanol–water partition coefficient (Wildman–Crippen LogP) is -0.187. The Kier molecular flexibility index (Phi) is 4.10. The normalized spacial score (nSPS) is 30.3. The fourth-order valence-corrected chi connectivity index (χ4v) is 3.20. The summed E-state index contributed by atoms with van der Waals surface area (Å²) in [6.07, 6.45) is 1.61. The van der Waals surface area contributed by atoms with Gasteiger partial charge in [-0.2, -0.15) is 0 Å². The van der Waals surface area contributed by atoms with E-state index in [1.807, 2.05) is 6.92 Å². The third-order valence-electron chi connectivity index (χ3n) is 4.52. The average Bonchev–Trinajstić information content (AvgIpc) is 2.81. The topological polar surface area (TPSA) is 89.9 Å². The van der Waals surface area contributed by atoms with E-state index in [0.29, 0.717) is 6.42 Å². The Balaban J connectivity index is 2.19. The van der Waals surface area contributed by atoms with Crippen molar-refractivity contribution in [1.29, 1.82) is 0 Å². The highest BCUT2D eigenvalue weighted by Gasteiger charge is 2.47. The maximum absolute atomic E-state index is 12.7. The lowest BCUT2D eigenvalue weighted by Gasteiger charge is -2.39. The van der Waals surface area contributed by atoms with Crippen LogP contribution in [0.1, 0.15) is 32.6 Å². The number of carboxylic acid groups (broad SMARTS) is 1. The standard InChI is InChI=1S/C13H22N2O4/c1-2-13(3-5-14-6-4-13)12(19)15-8-9(16)7-10(15)11(17)18/h9-10,14,16H,2-8H2,1H3,(H,17,18). The monoisotopic (exact) mass is 270 g/mol. The number of aliphatic hydroxyl groups excluding tert-OH is 1. The number of aliphatic carboxylic acids is 1. The fourth-order valence-electron chi connectivity index (χ4n) is 3.20. The summed E-state index contributed by atoms with van der Waals surface area (Å²) in [4.78, 5) is 25.3. The highest BCUT2D eigenvalue weighted by Crippen LogP contribution is 2.37. The average molecular weight is 270 g/mol. The van der Waals surface area contributed by atoms with E-state index in [1.54, 1.807) is 0 Å². The number of nitrogens with one attached hydrogen (secondary N) is 1. The molecule has 0 spiro atoms. The molecule has 19 heavy (non-hydrogen) atoms. The summed E-state index contributed by atoms with van der Waals surface area (Å²) in [5, 5.41) is 22.1. The number of rotatable bonds is 3. The van der Waals surface area contributed by atoms with Crippen LogP contribution in [0, 0.1) is 5.41 Å². The zero-order valence-corrected chi connectivity index (χ0v) is 11.3. The Labute approximate surface area is 112 Å². The molecule has 2 unspecified atom stereocenters. The summed E-state index contributed by atoms with van der Waals surface area (Å²) >= 11 is 0. The Morgan fingerprint density at radius 1 is 1.37 bits per heavy atom. The largest absolute Gasteiger partial charge is 0.480 e. The van der Waals surface area contributed by atoms with Crippen molar-refractivity contribution in [1.82, 2.24) is 10.2 Å². The first-order valence-corrected chi connectivity index (χ1v) is 6.93. The van der Waals surface area contributed by atoms with Crippen LogP contribution in [-0.2, 0) is 9.59 Å². The molecule has 1 amide bonds. The van der Waals surface area contributed by atoms with Crippen LogP contribution < -0.4 is 5.32 Å². The third kappa shape index (κ3) is 2.60. The molecule has 6 nitrogen and oxygen atoms in total. The molecule has 2 saturated heterocycles. The number of carbonyl (C=O) groups excluding carboxylic acids is 1. The molecule has 2 aliphatic heterocycles. The van der Waals surface area contributed by atoms with Gasteiger partial charge in [0.1, 0.15) is 6.04 Å². The smallest absolute Gasteiger partial charge is 0.326 e. The first-order chi connectivity index (χ1) is 9.00. The molecule has 0 aromatic heterocycles. The van der Waals surface area contributed by atoms with Gasteiger partial charge in [0.15, 0.2) is 0 Å². The Hall–Kier alpha value is -1.14. The van der Waals surface area contributed by atoms with Crippen LogP contribution in [0.5, 0.6) is 0 Å². The SMILES string of the molecule is CCC1(C(=O)N2CC(O)CC2C(=O)O)CCNCC1. The summed E-state index contributed by atoms with van der Waals surface area (Å²) in [5.41, 5.74) is -0.455. The van der Waals surface area contributed by atoms with E-state index in [-0.39, 0.29) is 18.9 Å². The molecule has 2 atom stereocenters. The van der Waals surface area contributed by atoms with Crippen molar-refractivity contribution in [2.75, 3.05) is 19.6 Å². The van der Waals surface area contributed by atoms with E-state index in [2.05, 4.69) is 5.32 Å². The van der Waals surface area contributed by atoms with E-state index >= 15 is 0 Å². The van der Waals surface area contributed by atoms with Gasteiger partial charge in [-0.05, 0) is 32.4 Å². The zero-order valence-electron chi connectivity index (χ0n) is 11.3. The summed E-state index contributed by atoms with van der Waals surface area (Å²) in [6, 6.07) is -0.874. The predicted molar refractivity (Wildman–Crippen MR) is 68.6 cm³/mol. The molecule has 3 N–H and O–H groups in total. The molecular formula is C13H22N2O4. The minimum Gasteiger partial charge on any atom is -0.480 e.